The van der Waals surface area contributed by atoms with Crippen LogP contribution in [0.5, 0.6) is 11.5 Å². The molecule has 102 valence electrons. The zero-order valence-electron chi connectivity index (χ0n) is 11.3. The molecule has 1 heterocycles. The minimum Gasteiger partial charge on any atom is -0.497 e. The first-order valence-electron chi connectivity index (χ1n) is 6.55. The molecule has 0 unspecified atom stereocenters. The zero-order chi connectivity index (χ0) is 13.9. The van der Waals surface area contributed by atoms with Crippen LogP contribution in [0.2, 0.25) is 0 Å². The monoisotopic (exact) mass is 268 g/mol. The highest BCUT2D eigenvalue weighted by Gasteiger charge is 2.20. The van der Waals surface area contributed by atoms with E-state index in [2.05, 4.69) is 0 Å². The summed E-state index contributed by atoms with van der Waals surface area (Å²) < 4.78 is 11.1. The summed E-state index contributed by atoms with van der Waals surface area (Å²) in [6.07, 6.45) is 0.716. The van der Waals surface area contributed by atoms with E-state index in [4.69, 9.17) is 9.47 Å². The van der Waals surface area contributed by atoms with E-state index in [1.54, 1.807) is 7.11 Å². The Labute approximate surface area is 118 Å². The third-order valence-corrected chi connectivity index (χ3v) is 3.45. The molecule has 0 spiro atoms. The van der Waals surface area contributed by atoms with Gasteiger partial charge in [-0.1, -0.05) is 18.2 Å². The normalized spacial score (nSPS) is 13.7. The van der Waals surface area contributed by atoms with Crippen molar-refractivity contribution in [3.63, 3.8) is 0 Å². The van der Waals surface area contributed by atoms with Gasteiger partial charge in [-0.05, 0) is 35.9 Å². The van der Waals surface area contributed by atoms with Crippen molar-refractivity contribution < 1.29 is 14.6 Å². The Morgan fingerprint density at radius 3 is 2.55 bits per heavy atom. The van der Waals surface area contributed by atoms with Gasteiger partial charge < -0.3 is 14.6 Å². The Balaban J connectivity index is 1.99. The molecule has 3 nitrogen and oxygen atoms in total. The van der Waals surface area contributed by atoms with Gasteiger partial charge in [0, 0.05) is 17.6 Å². The summed E-state index contributed by atoms with van der Waals surface area (Å²) in [5, 5.41) is 9.59. The van der Waals surface area contributed by atoms with Crippen LogP contribution in [0.1, 0.15) is 11.1 Å². The molecule has 0 aromatic heterocycles. The number of para-hydroxylation sites is 1. The fourth-order valence-electron chi connectivity index (χ4n) is 2.37. The molecular weight excluding hydrogens is 252 g/mol. The highest BCUT2D eigenvalue weighted by Crippen LogP contribution is 2.34. The van der Waals surface area contributed by atoms with Crippen LogP contribution in [-0.4, -0.2) is 18.8 Å². The number of rotatable bonds is 3. The number of ether oxygens (including phenoxy) is 2. The highest BCUT2D eigenvalue weighted by atomic mass is 16.5. The summed E-state index contributed by atoms with van der Waals surface area (Å²) in [4.78, 5) is 0. The Hall–Kier alpha value is -2.26. The highest BCUT2D eigenvalue weighted by molar-refractivity contribution is 5.69. The van der Waals surface area contributed by atoms with Crippen LogP contribution in [0.25, 0.3) is 5.76 Å². The molecule has 20 heavy (non-hydrogen) atoms. The summed E-state index contributed by atoms with van der Waals surface area (Å²) in [5.41, 5.74) is 2.95. The second kappa shape index (κ2) is 5.39. The van der Waals surface area contributed by atoms with Crippen molar-refractivity contribution in [1.82, 2.24) is 0 Å². The number of aliphatic hydroxyl groups is 1. The lowest BCUT2D eigenvalue weighted by atomic mass is 9.98. The van der Waals surface area contributed by atoms with Crippen molar-refractivity contribution in [2.75, 3.05) is 13.7 Å². The molecule has 0 atom stereocenters. The summed E-state index contributed by atoms with van der Waals surface area (Å²) in [6.45, 7) is -0.00427. The zero-order valence-corrected chi connectivity index (χ0v) is 11.3. The van der Waals surface area contributed by atoms with E-state index in [9.17, 15) is 5.11 Å². The molecule has 3 heteroatoms. The van der Waals surface area contributed by atoms with Gasteiger partial charge in [0.15, 0.2) is 0 Å². The average molecular weight is 268 g/mol. The summed E-state index contributed by atoms with van der Waals surface area (Å²) in [5.74, 6) is 2.40. The molecular formula is C17H16O3. The van der Waals surface area contributed by atoms with Crippen LogP contribution in [-0.2, 0) is 6.42 Å². The van der Waals surface area contributed by atoms with Gasteiger partial charge in [0.1, 0.15) is 17.3 Å². The fourth-order valence-corrected chi connectivity index (χ4v) is 2.37. The lowest BCUT2D eigenvalue weighted by Gasteiger charge is -2.23. The molecule has 1 aliphatic heterocycles. The second-order valence-electron chi connectivity index (χ2n) is 4.71. The standard InChI is InChI=1S/C17H16O3/c1-19-15-8-6-12(7-9-15)17-14(11-18)10-13-4-2-3-5-16(13)20-17/h2-9,18H,10-11H2,1H3. The molecule has 0 fully saturated rings. The summed E-state index contributed by atoms with van der Waals surface area (Å²) >= 11 is 0. The third-order valence-electron chi connectivity index (χ3n) is 3.45. The van der Waals surface area contributed by atoms with Crippen LogP contribution in [0.3, 0.4) is 0 Å². The topological polar surface area (TPSA) is 38.7 Å². The molecule has 1 N–H and O–H groups in total. The van der Waals surface area contributed by atoms with E-state index in [1.807, 2.05) is 48.5 Å². The predicted molar refractivity (Wildman–Crippen MR) is 77.8 cm³/mol. The molecule has 0 radical (unpaired) electrons. The Kier molecular flexibility index (Phi) is 3.44. The van der Waals surface area contributed by atoms with Gasteiger partial charge in [0.05, 0.1) is 13.7 Å². The number of aliphatic hydroxyl groups excluding tert-OH is 1. The first kappa shape index (κ1) is 12.8. The SMILES string of the molecule is COc1ccc(C2=C(CO)Cc3ccccc3O2)cc1. The molecule has 3 rings (SSSR count). The quantitative estimate of drug-likeness (QED) is 0.930. The van der Waals surface area contributed by atoms with Crippen molar-refractivity contribution in [3.8, 4) is 11.5 Å². The number of hydrogen-bond acceptors (Lipinski definition) is 3. The first-order valence-corrected chi connectivity index (χ1v) is 6.55. The molecule has 1 aliphatic rings. The van der Waals surface area contributed by atoms with E-state index in [1.165, 1.54) is 0 Å². The predicted octanol–water partition coefficient (Wildman–Crippen LogP) is 3.03. The van der Waals surface area contributed by atoms with Crippen LogP contribution in [0, 0.1) is 0 Å². The van der Waals surface area contributed by atoms with Crippen molar-refractivity contribution >= 4 is 5.76 Å². The maximum Gasteiger partial charge on any atom is 0.136 e. The molecule has 2 aromatic carbocycles. The Morgan fingerprint density at radius 2 is 1.85 bits per heavy atom. The number of fused-ring (bicyclic) bond motifs is 1. The maximum atomic E-state index is 9.59. The van der Waals surface area contributed by atoms with Crippen LogP contribution in [0.15, 0.2) is 54.1 Å². The molecule has 0 amide bonds. The fraction of sp³-hybridized carbons (Fsp3) is 0.176. The molecule has 2 aromatic rings. The minimum atomic E-state index is -0.00427. The first-order chi connectivity index (χ1) is 9.81. The van der Waals surface area contributed by atoms with Crippen LogP contribution in [0.4, 0.5) is 0 Å². The molecule has 0 saturated heterocycles. The lowest BCUT2D eigenvalue weighted by molar-refractivity contribution is 0.322. The van der Waals surface area contributed by atoms with Gasteiger partial charge >= 0.3 is 0 Å². The number of hydrogen-bond donors (Lipinski definition) is 1. The second-order valence-corrected chi connectivity index (χ2v) is 4.71. The lowest BCUT2D eigenvalue weighted by Crippen LogP contribution is -2.12. The molecule has 0 aliphatic carbocycles. The van der Waals surface area contributed by atoms with Crippen molar-refractivity contribution in [3.05, 3.63) is 65.2 Å². The van der Waals surface area contributed by atoms with Gasteiger partial charge in [-0.25, -0.2) is 0 Å². The molecule has 0 bridgehead atoms. The van der Waals surface area contributed by atoms with Gasteiger partial charge in [0.25, 0.3) is 0 Å². The van der Waals surface area contributed by atoms with Crippen molar-refractivity contribution in [1.29, 1.82) is 0 Å². The van der Waals surface area contributed by atoms with E-state index in [-0.39, 0.29) is 6.61 Å². The van der Waals surface area contributed by atoms with Gasteiger partial charge in [-0.3, -0.25) is 0 Å². The van der Waals surface area contributed by atoms with Crippen LogP contribution < -0.4 is 9.47 Å². The van der Waals surface area contributed by atoms with Gasteiger partial charge in [0.2, 0.25) is 0 Å². The van der Waals surface area contributed by atoms with E-state index in [0.717, 1.165) is 34.0 Å². The Morgan fingerprint density at radius 1 is 1.10 bits per heavy atom. The average Bonchev–Trinajstić information content (AvgIpc) is 2.53. The van der Waals surface area contributed by atoms with Crippen LogP contribution >= 0.6 is 0 Å². The smallest absolute Gasteiger partial charge is 0.136 e. The third kappa shape index (κ3) is 2.28. The van der Waals surface area contributed by atoms with E-state index < -0.39 is 0 Å². The maximum absolute atomic E-state index is 9.59. The minimum absolute atomic E-state index is 0.00427. The largest absolute Gasteiger partial charge is 0.497 e. The summed E-state index contributed by atoms with van der Waals surface area (Å²) in [6, 6.07) is 15.6. The van der Waals surface area contributed by atoms with E-state index >= 15 is 0 Å². The summed E-state index contributed by atoms with van der Waals surface area (Å²) in [7, 11) is 1.64. The Bertz CT molecular complexity index is 642. The number of benzene rings is 2. The van der Waals surface area contributed by atoms with E-state index in [0.29, 0.717) is 6.42 Å². The van der Waals surface area contributed by atoms with Crippen molar-refractivity contribution in [2.45, 2.75) is 6.42 Å². The van der Waals surface area contributed by atoms with Crippen molar-refractivity contribution in [2.24, 2.45) is 0 Å². The molecule has 0 saturated carbocycles. The number of methoxy groups -OCH3 is 1. The van der Waals surface area contributed by atoms with Gasteiger partial charge in [-0.15, -0.1) is 0 Å². The van der Waals surface area contributed by atoms with Gasteiger partial charge in [-0.2, -0.15) is 0 Å².